The maximum absolute atomic E-state index is 12.9. The SMILES string of the molecule is CC(C)C(=O)Oc1c2ccccc2c(-c2c3ccccc3c(OC(=O)C(C)C)c3ccc(Cl)cc23)c2cc(Cl)ccc12. The fourth-order valence-corrected chi connectivity index (χ4v) is 5.76. The number of hydrogen-bond acceptors (Lipinski definition) is 4. The molecule has 0 fully saturated rings. The number of carbonyl (C=O) groups excluding carboxylic acids is 2. The lowest BCUT2D eigenvalue weighted by molar-refractivity contribution is -0.138. The van der Waals surface area contributed by atoms with Crippen LogP contribution in [0.15, 0.2) is 84.9 Å². The molecule has 0 aliphatic carbocycles. The smallest absolute Gasteiger partial charge is 0.313 e. The van der Waals surface area contributed by atoms with Gasteiger partial charge in [-0.3, -0.25) is 9.59 Å². The van der Waals surface area contributed by atoms with E-state index in [0.29, 0.717) is 21.5 Å². The largest absolute Gasteiger partial charge is 0.425 e. The summed E-state index contributed by atoms with van der Waals surface area (Å²) in [6, 6.07) is 27.0. The topological polar surface area (TPSA) is 52.6 Å². The normalized spacial score (nSPS) is 11.7. The Morgan fingerprint density at radius 3 is 1.19 bits per heavy atom. The zero-order valence-corrected chi connectivity index (χ0v) is 25.1. The van der Waals surface area contributed by atoms with Crippen LogP contribution in [0.2, 0.25) is 10.0 Å². The number of benzene rings is 6. The molecule has 0 unspecified atom stereocenters. The quantitative estimate of drug-likeness (QED) is 0.113. The Morgan fingerprint density at radius 2 is 0.833 bits per heavy atom. The van der Waals surface area contributed by atoms with E-state index in [9.17, 15) is 9.59 Å². The maximum Gasteiger partial charge on any atom is 0.313 e. The lowest BCUT2D eigenvalue weighted by Crippen LogP contribution is -2.15. The van der Waals surface area contributed by atoms with Gasteiger partial charge in [-0.15, -0.1) is 0 Å². The minimum Gasteiger partial charge on any atom is -0.425 e. The first kappa shape index (κ1) is 28.0. The molecule has 0 radical (unpaired) electrons. The summed E-state index contributed by atoms with van der Waals surface area (Å²) < 4.78 is 12.1. The Bertz CT molecular complexity index is 1910. The van der Waals surface area contributed by atoms with Gasteiger partial charge >= 0.3 is 11.9 Å². The molecular weight excluding hydrogens is 567 g/mol. The van der Waals surface area contributed by atoms with E-state index in [0.717, 1.165) is 54.2 Å². The summed E-state index contributed by atoms with van der Waals surface area (Å²) >= 11 is 13.3. The van der Waals surface area contributed by atoms with Crippen LogP contribution in [-0.2, 0) is 9.59 Å². The van der Waals surface area contributed by atoms with E-state index in [1.54, 1.807) is 12.1 Å². The monoisotopic (exact) mass is 594 g/mol. The third-order valence-corrected chi connectivity index (χ3v) is 7.94. The first-order valence-electron chi connectivity index (χ1n) is 13.9. The molecular formula is C36H28Cl2O4. The minimum atomic E-state index is -0.317. The summed E-state index contributed by atoms with van der Waals surface area (Å²) in [6.45, 7) is 7.25. The number of rotatable bonds is 5. The van der Waals surface area contributed by atoms with E-state index in [1.807, 2.05) is 100 Å². The van der Waals surface area contributed by atoms with Crippen LogP contribution >= 0.6 is 23.2 Å². The molecule has 0 aliphatic heterocycles. The van der Waals surface area contributed by atoms with E-state index in [1.165, 1.54) is 0 Å². The Hall–Kier alpha value is -4.12. The van der Waals surface area contributed by atoms with Gasteiger partial charge in [-0.2, -0.15) is 0 Å². The van der Waals surface area contributed by atoms with Crippen LogP contribution in [0.3, 0.4) is 0 Å². The maximum atomic E-state index is 12.9. The lowest BCUT2D eigenvalue weighted by Gasteiger charge is -2.22. The Morgan fingerprint density at radius 1 is 0.500 bits per heavy atom. The van der Waals surface area contributed by atoms with Crippen LogP contribution < -0.4 is 9.47 Å². The molecule has 0 aromatic heterocycles. The minimum absolute atomic E-state index is 0.304. The van der Waals surface area contributed by atoms with Crippen molar-refractivity contribution in [2.75, 3.05) is 0 Å². The van der Waals surface area contributed by atoms with E-state index in [-0.39, 0.29) is 23.8 Å². The van der Waals surface area contributed by atoms with Gasteiger partial charge in [0, 0.05) is 31.6 Å². The second-order valence-corrected chi connectivity index (χ2v) is 11.9. The fraction of sp³-hybridized carbons (Fsp3) is 0.167. The summed E-state index contributed by atoms with van der Waals surface area (Å²) in [4.78, 5) is 25.8. The number of ether oxygens (including phenoxy) is 2. The van der Waals surface area contributed by atoms with Crippen molar-refractivity contribution in [3.63, 3.8) is 0 Å². The third-order valence-electron chi connectivity index (χ3n) is 7.47. The fourth-order valence-electron chi connectivity index (χ4n) is 5.42. The first-order chi connectivity index (χ1) is 20.2. The van der Waals surface area contributed by atoms with Crippen LogP contribution in [0.1, 0.15) is 27.7 Å². The van der Waals surface area contributed by atoms with E-state index >= 15 is 0 Å². The van der Waals surface area contributed by atoms with Gasteiger partial charge in [0.1, 0.15) is 11.5 Å². The third kappa shape index (κ3) is 4.75. The predicted octanol–water partition coefficient (Wildman–Crippen LogP) is 10.4. The molecule has 4 nitrogen and oxygen atoms in total. The van der Waals surface area contributed by atoms with Crippen molar-refractivity contribution in [2.45, 2.75) is 27.7 Å². The molecule has 0 heterocycles. The molecule has 42 heavy (non-hydrogen) atoms. The van der Waals surface area contributed by atoms with Crippen LogP contribution in [0.5, 0.6) is 11.5 Å². The predicted molar refractivity (Wildman–Crippen MR) is 173 cm³/mol. The van der Waals surface area contributed by atoms with Crippen LogP contribution in [0.4, 0.5) is 0 Å². The number of carbonyl (C=O) groups is 2. The van der Waals surface area contributed by atoms with Crippen molar-refractivity contribution >= 4 is 78.2 Å². The Labute approximate surface area is 253 Å². The summed E-state index contributed by atoms with van der Waals surface area (Å²) in [5.74, 6) is -0.252. The van der Waals surface area contributed by atoms with E-state index < -0.39 is 0 Å². The van der Waals surface area contributed by atoms with Gasteiger partial charge in [0.15, 0.2) is 0 Å². The summed E-state index contributed by atoms with van der Waals surface area (Å²) in [6.07, 6.45) is 0. The average Bonchev–Trinajstić information content (AvgIpc) is 2.97. The molecule has 0 atom stereocenters. The second-order valence-electron chi connectivity index (χ2n) is 11.0. The number of esters is 2. The van der Waals surface area contributed by atoms with Gasteiger partial charge in [0.05, 0.1) is 11.8 Å². The number of fused-ring (bicyclic) bond motifs is 4. The average molecular weight is 596 g/mol. The molecule has 0 saturated heterocycles. The summed E-state index contributed by atoms with van der Waals surface area (Å²) in [5.41, 5.74) is 1.83. The Balaban J connectivity index is 1.83. The summed E-state index contributed by atoms with van der Waals surface area (Å²) in [7, 11) is 0. The highest BCUT2D eigenvalue weighted by Crippen LogP contribution is 2.50. The van der Waals surface area contributed by atoms with E-state index in [2.05, 4.69) is 0 Å². The van der Waals surface area contributed by atoms with Crippen molar-refractivity contribution in [3.8, 4) is 22.6 Å². The van der Waals surface area contributed by atoms with Crippen LogP contribution in [0, 0.1) is 11.8 Å². The molecule has 6 aromatic rings. The molecule has 6 aromatic carbocycles. The zero-order chi connectivity index (χ0) is 29.7. The van der Waals surface area contributed by atoms with Crippen LogP contribution in [0.25, 0.3) is 54.2 Å². The lowest BCUT2D eigenvalue weighted by atomic mass is 9.85. The molecule has 210 valence electrons. The zero-order valence-electron chi connectivity index (χ0n) is 23.6. The van der Waals surface area contributed by atoms with Gasteiger partial charge in [-0.05, 0) is 69.1 Å². The van der Waals surface area contributed by atoms with E-state index in [4.69, 9.17) is 32.7 Å². The molecule has 6 heteroatoms. The summed E-state index contributed by atoms with van der Waals surface area (Å²) in [5, 5.41) is 7.64. The molecule has 0 amide bonds. The van der Waals surface area contributed by atoms with Gasteiger partial charge in [-0.25, -0.2) is 0 Å². The van der Waals surface area contributed by atoms with Crippen LogP contribution in [-0.4, -0.2) is 11.9 Å². The molecule has 0 bridgehead atoms. The Kier molecular flexibility index (Phi) is 7.30. The molecule has 0 N–H and O–H groups in total. The molecule has 0 spiro atoms. The number of hydrogen-bond donors (Lipinski definition) is 0. The van der Waals surface area contributed by atoms with Crippen molar-refractivity contribution in [1.29, 1.82) is 0 Å². The standard InChI is InChI=1S/C36H28Cl2O4/c1-19(2)35(39)41-33-25-11-7-5-9-23(25)31(29-17-21(37)13-15-27(29)33)32-24-10-6-8-12-26(24)34(42-36(40)20(3)4)28-16-14-22(38)18-30(28)32/h5-20H,1-4H3. The van der Waals surface area contributed by atoms with Crippen molar-refractivity contribution in [2.24, 2.45) is 11.8 Å². The van der Waals surface area contributed by atoms with Gasteiger partial charge in [0.2, 0.25) is 0 Å². The number of halogens is 2. The molecule has 0 aliphatic rings. The van der Waals surface area contributed by atoms with Gasteiger partial charge < -0.3 is 9.47 Å². The highest BCUT2D eigenvalue weighted by molar-refractivity contribution is 6.34. The highest BCUT2D eigenvalue weighted by Gasteiger charge is 2.25. The van der Waals surface area contributed by atoms with Crippen molar-refractivity contribution in [1.82, 2.24) is 0 Å². The van der Waals surface area contributed by atoms with Crippen molar-refractivity contribution in [3.05, 3.63) is 95.0 Å². The second kappa shape index (κ2) is 10.9. The first-order valence-corrected chi connectivity index (χ1v) is 14.6. The van der Waals surface area contributed by atoms with Gasteiger partial charge in [-0.1, -0.05) is 99.4 Å². The molecule has 0 saturated carbocycles. The van der Waals surface area contributed by atoms with Crippen molar-refractivity contribution < 1.29 is 19.1 Å². The van der Waals surface area contributed by atoms with Gasteiger partial charge in [0.25, 0.3) is 0 Å². The highest BCUT2D eigenvalue weighted by atomic mass is 35.5. The molecule has 6 rings (SSSR count).